The number of benzene rings is 2. The van der Waals surface area contributed by atoms with Crippen LogP contribution in [0.2, 0.25) is 0 Å². The van der Waals surface area contributed by atoms with Crippen LogP contribution in [0.4, 0.5) is 0 Å². The lowest BCUT2D eigenvalue weighted by atomic mass is 9.94. The average Bonchev–Trinajstić information content (AvgIpc) is 2.78. The van der Waals surface area contributed by atoms with Crippen LogP contribution >= 0.6 is 0 Å². The number of nitrogens with zero attached hydrogens (tertiary/aromatic N) is 1. The molecule has 154 valence electrons. The van der Waals surface area contributed by atoms with Gasteiger partial charge in [0.2, 0.25) is 0 Å². The molecule has 0 spiro atoms. The number of carbonyl (C=O) groups excluding carboxylic acids is 2. The lowest BCUT2D eigenvalue weighted by Gasteiger charge is -2.31. The van der Waals surface area contributed by atoms with Gasteiger partial charge in [0.25, 0.3) is 5.91 Å². The Bertz CT molecular complexity index is 844. The van der Waals surface area contributed by atoms with Crippen molar-refractivity contribution in [2.24, 2.45) is 0 Å². The van der Waals surface area contributed by atoms with E-state index in [-0.39, 0.29) is 18.2 Å². The zero-order valence-electron chi connectivity index (χ0n) is 17.3. The molecule has 0 unspecified atom stereocenters. The minimum Gasteiger partial charge on any atom is -0.497 e. The summed E-state index contributed by atoms with van der Waals surface area (Å²) in [6.07, 6.45) is 6.46. The molecule has 1 saturated carbocycles. The Morgan fingerprint density at radius 3 is 2.52 bits per heavy atom. The maximum atomic E-state index is 12.5. The van der Waals surface area contributed by atoms with Crippen molar-refractivity contribution in [1.29, 1.82) is 0 Å². The first-order valence-corrected chi connectivity index (χ1v) is 10.3. The first kappa shape index (κ1) is 21.1. The van der Waals surface area contributed by atoms with Crippen molar-refractivity contribution in [1.82, 2.24) is 10.2 Å². The Morgan fingerprint density at radius 2 is 1.76 bits per heavy atom. The van der Waals surface area contributed by atoms with Crippen molar-refractivity contribution >= 4 is 11.7 Å². The van der Waals surface area contributed by atoms with Crippen LogP contribution < -0.4 is 10.1 Å². The molecule has 0 aromatic heterocycles. The summed E-state index contributed by atoms with van der Waals surface area (Å²) in [7, 11) is 3.72. The molecule has 1 aliphatic rings. The van der Waals surface area contributed by atoms with E-state index >= 15 is 0 Å². The van der Waals surface area contributed by atoms with E-state index in [1.165, 1.54) is 32.1 Å². The minimum atomic E-state index is -0.233. The molecule has 5 nitrogen and oxygen atoms in total. The quantitative estimate of drug-likeness (QED) is 0.686. The van der Waals surface area contributed by atoms with Gasteiger partial charge in [0.1, 0.15) is 5.75 Å². The van der Waals surface area contributed by atoms with Crippen LogP contribution in [-0.4, -0.2) is 43.3 Å². The Hall–Kier alpha value is -2.66. The van der Waals surface area contributed by atoms with Crippen molar-refractivity contribution in [3.05, 3.63) is 65.2 Å². The SMILES string of the molecule is COc1cccc(C(=O)CNC(=O)c2cccc(CN(C)C3CCCCC3)c2)c1. The highest BCUT2D eigenvalue weighted by Crippen LogP contribution is 2.23. The fraction of sp³-hybridized carbons (Fsp3) is 0.417. The van der Waals surface area contributed by atoms with Gasteiger partial charge in [-0.15, -0.1) is 0 Å². The lowest BCUT2D eigenvalue weighted by Crippen LogP contribution is -2.33. The lowest BCUT2D eigenvalue weighted by molar-refractivity contribution is 0.0904. The highest BCUT2D eigenvalue weighted by atomic mass is 16.5. The molecule has 0 aliphatic heterocycles. The van der Waals surface area contributed by atoms with Crippen LogP contribution in [0.1, 0.15) is 58.4 Å². The molecule has 0 atom stereocenters. The first-order chi connectivity index (χ1) is 14.1. The van der Waals surface area contributed by atoms with E-state index in [4.69, 9.17) is 4.74 Å². The Morgan fingerprint density at radius 1 is 1.03 bits per heavy atom. The Labute approximate surface area is 173 Å². The molecule has 2 aromatic rings. The van der Waals surface area contributed by atoms with E-state index in [2.05, 4.69) is 23.3 Å². The van der Waals surface area contributed by atoms with E-state index < -0.39 is 0 Å². The number of carbonyl (C=O) groups is 2. The molecule has 0 saturated heterocycles. The maximum absolute atomic E-state index is 12.5. The second-order valence-electron chi connectivity index (χ2n) is 7.75. The van der Waals surface area contributed by atoms with Gasteiger partial charge in [-0.1, -0.05) is 43.5 Å². The third-order valence-corrected chi connectivity index (χ3v) is 5.62. The predicted octanol–water partition coefficient (Wildman–Crippen LogP) is 4.07. The van der Waals surface area contributed by atoms with Gasteiger partial charge in [0.15, 0.2) is 5.78 Å². The first-order valence-electron chi connectivity index (χ1n) is 10.3. The summed E-state index contributed by atoms with van der Waals surface area (Å²) in [5.41, 5.74) is 2.22. The number of ketones is 1. The molecule has 2 aromatic carbocycles. The Balaban J connectivity index is 1.56. The molecule has 1 amide bonds. The van der Waals surface area contributed by atoms with Crippen molar-refractivity contribution < 1.29 is 14.3 Å². The molecular formula is C24H30N2O3. The number of nitrogens with one attached hydrogen (secondary N) is 1. The average molecular weight is 395 g/mol. The zero-order valence-corrected chi connectivity index (χ0v) is 17.3. The van der Waals surface area contributed by atoms with Crippen molar-refractivity contribution in [3.8, 4) is 5.75 Å². The molecule has 29 heavy (non-hydrogen) atoms. The summed E-state index contributed by atoms with van der Waals surface area (Å²) in [5.74, 6) is 0.241. The van der Waals surface area contributed by atoms with E-state index in [0.29, 0.717) is 22.9 Å². The van der Waals surface area contributed by atoms with Gasteiger partial charge in [-0.25, -0.2) is 0 Å². The van der Waals surface area contributed by atoms with Gasteiger partial charge < -0.3 is 10.1 Å². The Kier molecular flexibility index (Phi) is 7.42. The van der Waals surface area contributed by atoms with Gasteiger partial charge >= 0.3 is 0 Å². The maximum Gasteiger partial charge on any atom is 0.251 e. The van der Waals surface area contributed by atoms with Gasteiger partial charge in [0.05, 0.1) is 13.7 Å². The number of hydrogen-bond acceptors (Lipinski definition) is 4. The summed E-state index contributed by atoms with van der Waals surface area (Å²) >= 11 is 0. The van der Waals surface area contributed by atoms with Crippen LogP contribution in [0.15, 0.2) is 48.5 Å². The van der Waals surface area contributed by atoms with Gasteiger partial charge in [-0.05, 0) is 49.7 Å². The van der Waals surface area contributed by atoms with Gasteiger partial charge in [-0.2, -0.15) is 0 Å². The van der Waals surface area contributed by atoms with Crippen LogP contribution in [0.3, 0.4) is 0 Å². The second kappa shape index (κ2) is 10.2. The number of Topliss-reactive ketones (excluding diaryl/α,β-unsaturated/α-hetero) is 1. The minimum absolute atomic E-state index is 0.0434. The standard InChI is InChI=1S/C24H30N2O3/c1-26(21-11-4-3-5-12-21)17-18-8-6-10-20(14-18)24(28)25-16-23(27)19-9-7-13-22(15-19)29-2/h6-10,13-15,21H,3-5,11-12,16-17H2,1-2H3,(H,25,28). The van der Waals surface area contributed by atoms with E-state index in [0.717, 1.165) is 12.1 Å². The normalized spacial score (nSPS) is 14.6. The van der Waals surface area contributed by atoms with Gasteiger partial charge in [0, 0.05) is 23.7 Å². The van der Waals surface area contributed by atoms with E-state index in [1.54, 1.807) is 37.4 Å². The molecule has 1 N–H and O–H groups in total. The summed E-state index contributed by atoms with van der Waals surface area (Å²) < 4.78 is 5.14. The van der Waals surface area contributed by atoms with Crippen LogP contribution in [-0.2, 0) is 6.54 Å². The monoisotopic (exact) mass is 394 g/mol. The molecule has 3 rings (SSSR count). The van der Waals surface area contributed by atoms with Crippen LogP contribution in [0, 0.1) is 0 Å². The third-order valence-electron chi connectivity index (χ3n) is 5.62. The molecular weight excluding hydrogens is 364 g/mol. The fourth-order valence-electron chi connectivity index (χ4n) is 3.91. The van der Waals surface area contributed by atoms with Crippen LogP contribution in [0.25, 0.3) is 0 Å². The number of methoxy groups -OCH3 is 1. The number of ether oxygens (including phenoxy) is 1. The zero-order chi connectivity index (χ0) is 20.6. The van der Waals surface area contributed by atoms with Gasteiger partial charge in [-0.3, -0.25) is 14.5 Å². The second-order valence-corrected chi connectivity index (χ2v) is 7.75. The largest absolute Gasteiger partial charge is 0.497 e. The molecule has 0 radical (unpaired) electrons. The molecule has 1 fully saturated rings. The van der Waals surface area contributed by atoms with Crippen molar-refractivity contribution in [2.75, 3.05) is 20.7 Å². The fourth-order valence-corrected chi connectivity index (χ4v) is 3.91. The number of hydrogen-bond donors (Lipinski definition) is 1. The summed E-state index contributed by atoms with van der Waals surface area (Å²) in [5, 5.41) is 2.74. The molecule has 1 aliphatic carbocycles. The number of amides is 1. The topological polar surface area (TPSA) is 58.6 Å². The molecule has 0 heterocycles. The number of rotatable bonds is 8. The summed E-state index contributed by atoms with van der Waals surface area (Å²) in [4.78, 5) is 27.3. The van der Waals surface area contributed by atoms with Crippen molar-refractivity contribution in [2.45, 2.75) is 44.7 Å². The summed E-state index contributed by atoms with van der Waals surface area (Å²) in [6.45, 7) is 0.784. The highest BCUT2D eigenvalue weighted by Gasteiger charge is 2.18. The van der Waals surface area contributed by atoms with Crippen LogP contribution in [0.5, 0.6) is 5.75 Å². The predicted molar refractivity (Wildman–Crippen MR) is 114 cm³/mol. The third kappa shape index (κ3) is 5.91. The smallest absolute Gasteiger partial charge is 0.251 e. The van der Waals surface area contributed by atoms with E-state index in [1.807, 2.05) is 12.1 Å². The molecule has 5 heteroatoms. The summed E-state index contributed by atoms with van der Waals surface area (Å²) in [6, 6.07) is 15.2. The highest BCUT2D eigenvalue weighted by molar-refractivity contribution is 6.02. The van der Waals surface area contributed by atoms with E-state index in [9.17, 15) is 9.59 Å². The molecule has 0 bridgehead atoms. The van der Waals surface area contributed by atoms with Crippen molar-refractivity contribution in [3.63, 3.8) is 0 Å².